The predicted octanol–water partition coefficient (Wildman–Crippen LogP) is -0.641. The molecule has 0 unspecified atom stereocenters. The Balaban J connectivity index is 2.35. The summed E-state index contributed by atoms with van der Waals surface area (Å²) in [4.78, 5) is 13.3. The first-order chi connectivity index (χ1) is 10.4. The summed E-state index contributed by atoms with van der Waals surface area (Å²) < 4.78 is 5.39. The zero-order valence-electron chi connectivity index (χ0n) is 12.0. The molecule has 5 atom stereocenters. The largest absolute Gasteiger partial charge is 0.399 e. The van der Waals surface area contributed by atoms with Gasteiger partial charge in [0.15, 0.2) is 0 Å². The van der Waals surface area contributed by atoms with E-state index in [4.69, 9.17) is 15.6 Å². The maximum Gasteiger partial charge on any atom is 0.224 e. The van der Waals surface area contributed by atoms with Gasteiger partial charge < -0.3 is 30.7 Å². The van der Waals surface area contributed by atoms with Crippen molar-refractivity contribution in [3.63, 3.8) is 0 Å². The zero-order chi connectivity index (χ0) is 16.4. The summed E-state index contributed by atoms with van der Waals surface area (Å²) >= 11 is 4.25. The average Bonchev–Trinajstić information content (AvgIpc) is 2.48. The summed E-state index contributed by atoms with van der Waals surface area (Å²) in [5.41, 5.74) is 5.81. The van der Waals surface area contributed by atoms with Crippen LogP contribution < -0.4 is 10.6 Å². The van der Waals surface area contributed by atoms with Gasteiger partial charge in [-0.25, -0.2) is 0 Å². The van der Waals surface area contributed by atoms with E-state index in [2.05, 4.69) is 12.6 Å². The Bertz CT molecular complexity index is 526. The molecule has 8 heteroatoms. The lowest BCUT2D eigenvalue weighted by Gasteiger charge is -2.45. The minimum atomic E-state index is -1.32. The first-order valence-corrected chi connectivity index (χ1v) is 7.34. The fourth-order valence-corrected chi connectivity index (χ4v) is 3.03. The molecule has 122 valence electrons. The van der Waals surface area contributed by atoms with Crippen LogP contribution in [0.3, 0.4) is 0 Å². The summed E-state index contributed by atoms with van der Waals surface area (Å²) in [6.45, 7) is 0.887. The molecule has 0 aromatic heterocycles. The Kier molecular flexibility index (Phi) is 5.30. The van der Waals surface area contributed by atoms with Gasteiger partial charge in [0.25, 0.3) is 0 Å². The van der Waals surface area contributed by atoms with Gasteiger partial charge in [-0.05, 0) is 24.3 Å². The van der Waals surface area contributed by atoms with Crippen LogP contribution in [-0.4, -0.2) is 57.6 Å². The van der Waals surface area contributed by atoms with Crippen molar-refractivity contribution in [3.05, 3.63) is 24.3 Å². The third-order valence-corrected chi connectivity index (χ3v) is 4.10. The number of carbonyl (C=O) groups excluding carboxylic acids is 1. The molecule has 0 spiro atoms. The van der Waals surface area contributed by atoms with Crippen LogP contribution in [0.25, 0.3) is 0 Å². The van der Waals surface area contributed by atoms with Crippen molar-refractivity contribution < 1.29 is 24.9 Å². The van der Waals surface area contributed by atoms with Crippen LogP contribution in [0.5, 0.6) is 0 Å². The number of hydrogen-bond donors (Lipinski definition) is 5. The first-order valence-electron chi connectivity index (χ1n) is 6.82. The molecule has 1 aromatic rings. The van der Waals surface area contributed by atoms with Gasteiger partial charge >= 0.3 is 0 Å². The van der Waals surface area contributed by atoms with Crippen LogP contribution in [0.2, 0.25) is 0 Å². The van der Waals surface area contributed by atoms with Gasteiger partial charge in [-0.1, -0.05) is 0 Å². The van der Waals surface area contributed by atoms with Crippen LogP contribution in [0.15, 0.2) is 24.3 Å². The van der Waals surface area contributed by atoms with E-state index < -0.39 is 36.4 Å². The van der Waals surface area contributed by atoms with Gasteiger partial charge in [0, 0.05) is 18.3 Å². The maximum atomic E-state index is 12.0. The van der Waals surface area contributed by atoms with Gasteiger partial charge in [-0.15, -0.1) is 12.6 Å². The number of aliphatic hydroxyl groups excluding tert-OH is 3. The number of rotatable bonds is 3. The third-order valence-electron chi connectivity index (χ3n) is 3.68. The topological polar surface area (TPSA) is 116 Å². The molecule has 1 heterocycles. The normalized spacial score (nSPS) is 31.8. The summed E-state index contributed by atoms with van der Waals surface area (Å²) in [6.07, 6.45) is -3.59. The van der Waals surface area contributed by atoms with E-state index in [0.717, 1.165) is 0 Å². The van der Waals surface area contributed by atoms with Crippen LogP contribution >= 0.6 is 12.6 Å². The Morgan fingerprint density at radius 3 is 2.41 bits per heavy atom. The highest BCUT2D eigenvalue weighted by molar-refractivity contribution is 7.80. The highest BCUT2D eigenvalue weighted by Gasteiger charge is 2.46. The Labute approximate surface area is 133 Å². The quantitative estimate of drug-likeness (QED) is 0.372. The molecule has 22 heavy (non-hydrogen) atoms. The van der Waals surface area contributed by atoms with E-state index in [0.29, 0.717) is 11.4 Å². The third kappa shape index (κ3) is 3.21. The van der Waals surface area contributed by atoms with Gasteiger partial charge in [0.2, 0.25) is 5.91 Å². The molecular formula is C14H20N2O5S. The number of carbonyl (C=O) groups is 1. The molecule has 1 amide bonds. The second kappa shape index (κ2) is 6.84. The molecule has 1 aliphatic heterocycles. The average molecular weight is 328 g/mol. The summed E-state index contributed by atoms with van der Waals surface area (Å²) in [5, 5.41) is 29.5. The molecule has 2 rings (SSSR count). The van der Waals surface area contributed by atoms with Crippen molar-refractivity contribution in [1.29, 1.82) is 0 Å². The molecule has 0 bridgehead atoms. The fourth-order valence-electron chi connectivity index (χ4n) is 2.56. The van der Waals surface area contributed by atoms with Crippen LogP contribution in [0.1, 0.15) is 6.92 Å². The van der Waals surface area contributed by atoms with Crippen molar-refractivity contribution in [2.75, 3.05) is 17.2 Å². The Morgan fingerprint density at radius 1 is 1.32 bits per heavy atom. The summed E-state index contributed by atoms with van der Waals surface area (Å²) in [7, 11) is 0. The molecule has 7 nitrogen and oxygen atoms in total. The van der Waals surface area contributed by atoms with Crippen LogP contribution in [0, 0.1) is 0 Å². The Morgan fingerprint density at radius 2 is 1.91 bits per heavy atom. The van der Waals surface area contributed by atoms with Gasteiger partial charge in [0.05, 0.1) is 6.61 Å². The molecule has 0 radical (unpaired) electrons. The first kappa shape index (κ1) is 17.0. The number of aliphatic hydroxyl groups is 3. The number of thiol groups is 1. The van der Waals surface area contributed by atoms with Crippen molar-refractivity contribution in [2.45, 2.75) is 36.7 Å². The van der Waals surface area contributed by atoms with E-state index in [1.807, 2.05) is 0 Å². The van der Waals surface area contributed by atoms with Crippen LogP contribution in [0.4, 0.5) is 11.4 Å². The second-order valence-electron chi connectivity index (χ2n) is 5.20. The lowest BCUT2D eigenvalue weighted by Crippen LogP contribution is -2.64. The van der Waals surface area contributed by atoms with Crippen molar-refractivity contribution in [2.24, 2.45) is 0 Å². The molecule has 1 aliphatic rings. The molecule has 5 N–H and O–H groups in total. The summed E-state index contributed by atoms with van der Waals surface area (Å²) in [6, 6.07) is 5.62. The molecule has 0 saturated carbocycles. The smallest absolute Gasteiger partial charge is 0.224 e. The number of ether oxygens (including phenoxy) is 1. The molecule has 1 fully saturated rings. The number of amides is 1. The minimum absolute atomic E-state index is 0.342. The van der Waals surface area contributed by atoms with Crippen molar-refractivity contribution >= 4 is 29.9 Å². The molecule has 1 saturated heterocycles. The monoisotopic (exact) mass is 328 g/mol. The SMILES string of the molecule is CC(=O)N(c1ccc(N)cc1)[C@@H]1[C@@H](O)[C@H](O)[C@@H](CO)O[C@H]1S. The molecule has 0 aliphatic carbocycles. The molecule has 1 aromatic carbocycles. The van der Waals surface area contributed by atoms with E-state index in [1.165, 1.54) is 11.8 Å². The summed E-state index contributed by atoms with van der Waals surface area (Å²) in [5.74, 6) is -0.342. The van der Waals surface area contributed by atoms with Gasteiger partial charge in [0.1, 0.15) is 29.8 Å². The fraction of sp³-hybridized carbons (Fsp3) is 0.500. The zero-order valence-corrected chi connectivity index (χ0v) is 12.9. The Hall–Kier alpha value is -1.32. The highest BCUT2D eigenvalue weighted by atomic mass is 32.1. The van der Waals surface area contributed by atoms with E-state index in [-0.39, 0.29) is 5.91 Å². The number of nitrogens with zero attached hydrogens (tertiary/aromatic N) is 1. The number of hydrogen-bond acceptors (Lipinski definition) is 7. The second-order valence-corrected chi connectivity index (χ2v) is 5.71. The maximum absolute atomic E-state index is 12.0. The lowest BCUT2D eigenvalue weighted by molar-refractivity contribution is -0.167. The van der Waals surface area contributed by atoms with Crippen molar-refractivity contribution in [3.8, 4) is 0 Å². The highest BCUT2D eigenvalue weighted by Crippen LogP contribution is 2.31. The van der Waals surface area contributed by atoms with E-state index in [9.17, 15) is 15.0 Å². The standard InChI is InChI=1S/C14H20N2O5S/c1-7(18)16(9-4-2-8(15)3-5-9)11-13(20)12(19)10(6-17)21-14(11)22/h2-5,10-14,17,19-20,22H,6,15H2,1H3/t10-,11-,12-,13-,14+/m1/s1. The molecular weight excluding hydrogens is 308 g/mol. The van der Waals surface area contributed by atoms with Gasteiger partial charge in [-0.3, -0.25) is 4.79 Å². The predicted molar refractivity (Wildman–Crippen MR) is 84.5 cm³/mol. The number of anilines is 2. The van der Waals surface area contributed by atoms with E-state index in [1.54, 1.807) is 24.3 Å². The van der Waals surface area contributed by atoms with Crippen LogP contribution in [-0.2, 0) is 9.53 Å². The number of nitrogen functional groups attached to an aromatic ring is 1. The van der Waals surface area contributed by atoms with Gasteiger partial charge in [-0.2, -0.15) is 0 Å². The lowest BCUT2D eigenvalue weighted by atomic mass is 9.96. The number of nitrogens with two attached hydrogens (primary N) is 1. The number of benzene rings is 1. The minimum Gasteiger partial charge on any atom is -0.399 e. The van der Waals surface area contributed by atoms with Crippen molar-refractivity contribution in [1.82, 2.24) is 0 Å². The van der Waals surface area contributed by atoms with E-state index >= 15 is 0 Å².